The van der Waals surface area contributed by atoms with Crippen LogP contribution in [0.5, 0.6) is 5.75 Å². The van der Waals surface area contributed by atoms with E-state index in [1.165, 1.54) is 52.6 Å². The van der Waals surface area contributed by atoms with Crippen molar-refractivity contribution in [3.8, 4) is 5.75 Å². The van der Waals surface area contributed by atoms with Crippen LogP contribution in [-0.4, -0.2) is 22.5 Å². The Hall–Kier alpha value is -3.14. The quantitative estimate of drug-likeness (QED) is 0.395. The van der Waals surface area contributed by atoms with Crippen LogP contribution in [0.25, 0.3) is 11.0 Å². The van der Waals surface area contributed by atoms with Gasteiger partial charge in [-0.25, -0.2) is 4.79 Å². The van der Waals surface area contributed by atoms with Crippen LogP contribution < -0.4 is 9.87 Å². The van der Waals surface area contributed by atoms with Gasteiger partial charge in [0.25, 0.3) is 0 Å². The molecular weight excluding hydrogens is 350 g/mol. The second kappa shape index (κ2) is 5.74. The molecule has 0 aliphatic rings. The maximum absolute atomic E-state index is 12.5. The highest BCUT2D eigenvalue weighted by molar-refractivity contribution is 7.87. The standard InChI is InChI=1S/C15H13N3O6S/c1-16-11-8-7-10(9-13(11)17(2)15(16)19)25(22,23)24-14-6-4-3-5-12(14)18(20)21/h3-9H,1-2H3. The molecule has 10 heteroatoms. The van der Waals surface area contributed by atoms with Crippen molar-refractivity contribution in [2.24, 2.45) is 14.1 Å². The Balaban J connectivity index is 2.10. The van der Waals surface area contributed by atoms with Crippen molar-refractivity contribution in [1.82, 2.24) is 9.13 Å². The molecule has 0 saturated carbocycles. The van der Waals surface area contributed by atoms with Gasteiger partial charge in [0, 0.05) is 20.2 Å². The summed E-state index contributed by atoms with van der Waals surface area (Å²) in [5.41, 5.74) is 0.195. The first-order chi connectivity index (χ1) is 11.7. The number of rotatable bonds is 4. The summed E-state index contributed by atoms with van der Waals surface area (Å²) in [6.45, 7) is 0. The van der Waals surface area contributed by atoms with Crippen molar-refractivity contribution in [1.29, 1.82) is 0 Å². The minimum absolute atomic E-state index is 0.209. The summed E-state index contributed by atoms with van der Waals surface area (Å²) in [5.74, 6) is -0.380. The molecule has 1 heterocycles. The number of nitro groups is 1. The molecule has 0 N–H and O–H groups in total. The van der Waals surface area contributed by atoms with Gasteiger partial charge in [-0.1, -0.05) is 12.1 Å². The molecule has 9 nitrogen and oxygen atoms in total. The summed E-state index contributed by atoms with van der Waals surface area (Å²) in [5, 5.41) is 11.0. The van der Waals surface area contributed by atoms with E-state index in [0.29, 0.717) is 11.0 Å². The summed E-state index contributed by atoms with van der Waals surface area (Å²) < 4.78 is 32.6. The van der Waals surface area contributed by atoms with Gasteiger partial charge >= 0.3 is 21.5 Å². The third kappa shape index (κ3) is 2.76. The van der Waals surface area contributed by atoms with Crippen LogP contribution in [0, 0.1) is 10.1 Å². The molecule has 2 aromatic carbocycles. The fourth-order valence-corrected chi connectivity index (χ4v) is 3.45. The van der Waals surface area contributed by atoms with E-state index in [9.17, 15) is 23.3 Å². The Morgan fingerprint density at radius 2 is 1.68 bits per heavy atom. The van der Waals surface area contributed by atoms with Gasteiger partial charge in [-0.2, -0.15) is 8.42 Å². The Morgan fingerprint density at radius 3 is 2.36 bits per heavy atom. The normalized spacial score (nSPS) is 11.6. The zero-order valence-corrected chi connectivity index (χ0v) is 14.1. The van der Waals surface area contributed by atoms with E-state index in [0.717, 1.165) is 6.07 Å². The van der Waals surface area contributed by atoms with E-state index in [1.54, 1.807) is 7.05 Å². The molecule has 0 atom stereocenters. The van der Waals surface area contributed by atoms with Crippen LogP contribution in [-0.2, 0) is 24.2 Å². The summed E-state index contributed by atoms with van der Waals surface area (Å²) in [6, 6.07) is 9.24. The van der Waals surface area contributed by atoms with Crippen LogP contribution in [0.3, 0.4) is 0 Å². The lowest BCUT2D eigenvalue weighted by Crippen LogP contribution is -2.19. The lowest BCUT2D eigenvalue weighted by Gasteiger charge is -2.07. The van der Waals surface area contributed by atoms with Crippen molar-refractivity contribution < 1.29 is 17.5 Å². The monoisotopic (exact) mass is 363 g/mol. The van der Waals surface area contributed by atoms with Crippen molar-refractivity contribution in [3.05, 3.63) is 63.1 Å². The van der Waals surface area contributed by atoms with E-state index < -0.39 is 20.7 Å². The minimum Gasteiger partial charge on any atom is -0.372 e. The van der Waals surface area contributed by atoms with Gasteiger partial charge in [-0.15, -0.1) is 0 Å². The van der Waals surface area contributed by atoms with Gasteiger partial charge in [0.05, 0.1) is 16.0 Å². The van der Waals surface area contributed by atoms with E-state index in [1.807, 2.05) is 0 Å². The maximum atomic E-state index is 12.5. The number of nitrogens with zero attached hydrogens (tertiary/aromatic N) is 3. The summed E-state index contributed by atoms with van der Waals surface area (Å²) >= 11 is 0. The largest absolute Gasteiger partial charge is 0.372 e. The Labute approximate surface area is 142 Å². The van der Waals surface area contributed by atoms with Crippen LogP contribution in [0.2, 0.25) is 0 Å². The topological polar surface area (TPSA) is 113 Å². The van der Waals surface area contributed by atoms with Gasteiger partial charge in [0.15, 0.2) is 0 Å². The second-order valence-corrected chi connectivity index (χ2v) is 6.86. The number of nitro benzene ring substituents is 1. The van der Waals surface area contributed by atoms with Crippen LogP contribution in [0.1, 0.15) is 0 Å². The molecule has 0 fully saturated rings. The highest BCUT2D eigenvalue weighted by atomic mass is 32.2. The molecule has 3 rings (SSSR count). The van der Waals surface area contributed by atoms with Crippen LogP contribution in [0.4, 0.5) is 5.69 Å². The predicted molar refractivity (Wildman–Crippen MR) is 89.1 cm³/mol. The molecule has 0 bridgehead atoms. The minimum atomic E-state index is -4.31. The first kappa shape index (κ1) is 16.7. The average molecular weight is 363 g/mol. The molecule has 0 aliphatic carbocycles. The third-order valence-corrected chi connectivity index (χ3v) is 5.02. The van der Waals surface area contributed by atoms with Crippen molar-refractivity contribution in [2.75, 3.05) is 0 Å². The molecule has 0 spiro atoms. The number of aromatic nitrogens is 2. The fraction of sp³-hybridized carbons (Fsp3) is 0.133. The maximum Gasteiger partial charge on any atom is 0.339 e. The van der Waals surface area contributed by atoms with Crippen LogP contribution >= 0.6 is 0 Å². The molecule has 0 unspecified atom stereocenters. The number of imidazole rings is 1. The zero-order chi connectivity index (χ0) is 18.4. The highest BCUT2D eigenvalue weighted by Crippen LogP contribution is 2.29. The van der Waals surface area contributed by atoms with E-state index in [-0.39, 0.29) is 16.3 Å². The zero-order valence-electron chi connectivity index (χ0n) is 13.2. The molecule has 130 valence electrons. The van der Waals surface area contributed by atoms with Gasteiger partial charge in [-0.05, 0) is 24.3 Å². The van der Waals surface area contributed by atoms with Crippen LogP contribution in [0.15, 0.2) is 52.2 Å². The fourth-order valence-electron chi connectivity index (χ4n) is 2.49. The van der Waals surface area contributed by atoms with Crippen molar-refractivity contribution >= 4 is 26.8 Å². The Morgan fingerprint density at radius 1 is 1.04 bits per heavy atom. The molecule has 3 aromatic rings. The lowest BCUT2D eigenvalue weighted by molar-refractivity contribution is -0.385. The smallest absolute Gasteiger partial charge is 0.339 e. The molecule has 1 aromatic heterocycles. The highest BCUT2D eigenvalue weighted by Gasteiger charge is 2.24. The molecule has 0 saturated heterocycles. The summed E-state index contributed by atoms with van der Waals surface area (Å²) in [4.78, 5) is 22.0. The molecular formula is C15H13N3O6S. The first-order valence-corrected chi connectivity index (χ1v) is 8.46. The summed E-state index contributed by atoms with van der Waals surface area (Å²) in [6.07, 6.45) is 0. The molecule has 25 heavy (non-hydrogen) atoms. The third-order valence-electron chi connectivity index (χ3n) is 3.79. The van der Waals surface area contributed by atoms with Crippen molar-refractivity contribution in [3.63, 3.8) is 0 Å². The Kier molecular flexibility index (Phi) is 3.84. The second-order valence-electron chi connectivity index (χ2n) is 5.31. The number of fused-ring (bicyclic) bond motifs is 1. The number of aryl methyl sites for hydroxylation is 2. The van der Waals surface area contributed by atoms with Crippen molar-refractivity contribution in [2.45, 2.75) is 4.90 Å². The number of hydrogen-bond donors (Lipinski definition) is 0. The molecule has 0 radical (unpaired) electrons. The molecule has 0 amide bonds. The van der Waals surface area contributed by atoms with Gasteiger partial charge in [-0.3, -0.25) is 19.2 Å². The first-order valence-electron chi connectivity index (χ1n) is 7.06. The van der Waals surface area contributed by atoms with E-state index >= 15 is 0 Å². The summed E-state index contributed by atoms with van der Waals surface area (Å²) in [7, 11) is -1.22. The Bertz CT molecular complexity index is 1160. The molecule has 0 aliphatic heterocycles. The number of para-hydroxylation sites is 2. The number of hydrogen-bond acceptors (Lipinski definition) is 6. The predicted octanol–water partition coefficient (Wildman–Crippen LogP) is 1.55. The SMILES string of the molecule is Cn1c(=O)n(C)c2cc(S(=O)(=O)Oc3ccccc3[N+](=O)[O-])ccc21. The van der Waals surface area contributed by atoms with E-state index in [4.69, 9.17) is 4.18 Å². The van der Waals surface area contributed by atoms with E-state index in [2.05, 4.69) is 0 Å². The lowest BCUT2D eigenvalue weighted by atomic mass is 10.3. The van der Waals surface area contributed by atoms with Gasteiger partial charge in [0.1, 0.15) is 4.90 Å². The van der Waals surface area contributed by atoms with Gasteiger partial charge < -0.3 is 4.18 Å². The number of benzene rings is 2. The average Bonchev–Trinajstić information content (AvgIpc) is 2.79. The van der Waals surface area contributed by atoms with Gasteiger partial charge in [0.2, 0.25) is 5.75 Å².